The maximum absolute atomic E-state index is 13.5. The molecular formula is C38H66GdN9O20. The van der Waals surface area contributed by atoms with Gasteiger partial charge in [0.05, 0.1) is 55.4 Å². The summed E-state index contributed by atoms with van der Waals surface area (Å²) in [7, 11) is 0. The minimum atomic E-state index is -1.81. The summed E-state index contributed by atoms with van der Waals surface area (Å²) in [6, 6.07) is 0. The van der Waals surface area contributed by atoms with E-state index in [-0.39, 0.29) is 118 Å². The van der Waals surface area contributed by atoms with E-state index < -0.39 is 135 Å². The summed E-state index contributed by atoms with van der Waals surface area (Å²) in [5.74, 6) is -10.5. The van der Waals surface area contributed by atoms with Gasteiger partial charge in [-0.2, -0.15) is 0 Å². The Morgan fingerprint density at radius 3 is 0.779 bits per heavy atom. The molecule has 6 amide bonds. The molecule has 0 fully saturated rings. The molecule has 391 valence electrons. The molecule has 1 radical (unpaired) electrons. The Balaban J connectivity index is 0. The van der Waals surface area contributed by atoms with Crippen LogP contribution in [0, 0.1) is 39.9 Å². The fraction of sp³-hybridized carbons (Fsp3) is 0.763. The van der Waals surface area contributed by atoms with E-state index in [1.165, 1.54) is 4.90 Å². The molecule has 0 aliphatic heterocycles. The van der Waals surface area contributed by atoms with Gasteiger partial charge in [0.25, 0.3) is 23.6 Å². The van der Waals surface area contributed by atoms with Gasteiger partial charge in [0.2, 0.25) is 11.8 Å². The van der Waals surface area contributed by atoms with Crippen LogP contribution in [0.1, 0.15) is 27.7 Å². The summed E-state index contributed by atoms with van der Waals surface area (Å²) < 4.78 is 0. The van der Waals surface area contributed by atoms with Crippen LogP contribution in [0.5, 0.6) is 0 Å². The van der Waals surface area contributed by atoms with Crippen molar-refractivity contribution in [2.24, 2.45) is 0 Å². The van der Waals surface area contributed by atoms with E-state index >= 15 is 0 Å². The van der Waals surface area contributed by atoms with Crippen LogP contribution in [0.3, 0.4) is 0 Å². The standard InChI is InChI=1S/C38H69N9O20.Gd/c1-22(48)31(60)35(64)39-5-9-46(10-6-40-36(65)32(61)23(2)49)26(52)17-44(20-29(56)57)15-13-43(19-28(54)55)14-16-45(21-30(58)59)18-27(53)47(11-7-41-37(66)33(62)24(3)50)12-8-42-38(67)34(63)25(4)51;/h22-25,31-34,48-51,60-63H,5-21H2,1-4H3,(H,39,64)(H,40,65)(H,41,66)(H,42,67)(H,54,55)(H,56,57)(H,58,59);/q;+3/p-3/t22-,23-,24-,25-,31-,32-,33-,34-;/m0./s1. The Morgan fingerprint density at radius 2 is 0.574 bits per heavy atom. The SMILES string of the molecule is C[C@H](O)[C@H](O)C(=O)NCCN(CCNC(=O)[C@@H](O)[C@H](C)O)C(=O)CN(CCN(CCN(CC(=O)[O-])CC(=O)N(CCNC(=O)[C@@H](O)[C@H](C)O)CCNC(=O)[C@@H](O)[C@H](C)O)CC(=O)[O-])CC(=O)[O-].[Gd+3]. The van der Waals surface area contributed by atoms with Crippen LogP contribution < -0.4 is 36.6 Å². The molecule has 0 saturated heterocycles. The molecule has 0 heterocycles. The molecule has 0 aliphatic rings. The predicted octanol–water partition coefficient (Wildman–Crippen LogP) is -13.8. The molecule has 0 aromatic heterocycles. The van der Waals surface area contributed by atoms with Crippen molar-refractivity contribution in [2.75, 3.05) is 111 Å². The molecule has 0 bridgehead atoms. The molecule has 0 rings (SSSR count). The minimum absolute atomic E-state index is 0. The van der Waals surface area contributed by atoms with Crippen molar-refractivity contribution < 1.29 is 139 Å². The Morgan fingerprint density at radius 1 is 0.368 bits per heavy atom. The quantitative estimate of drug-likeness (QED) is 0.0277. The molecule has 29 nitrogen and oxygen atoms in total. The molecule has 0 aromatic carbocycles. The second-order valence-electron chi connectivity index (χ2n) is 15.5. The number of hydrogen-bond donors (Lipinski definition) is 12. The maximum atomic E-state index is 13.5. The first kappa shape index (κ1) is 66.2. The molecule has 8 atom stereocenters. The van der Waals surface area contributed by atoms with Crippen LogP contribution in [-0.4, -0.2) is 279 Å². The smallest absolute Gasteiger partial charge is 0.549 e. The van der Waals surface area contributed by atoms with Gasteiger partial charge < -0.3 is 102 Å². The summed E-state index contributed by atoms with van der Waals surface area (Å²) in [5.41, 5.74) is 0. The van der Waals surface area contributed by atoms with E-state index in [1.54, 1.807) is 0 Å². The number of hydrogen-bond acceptors (Lipinski definition) is 23. The number of aliphatic hydroxyl groups is 8. The molecule has 0 spiro atoms. The number of carbonyl (C=O) groups excluding carboxylic acids is 9. The Hall–Kier alpha value is -3.89. The van der Waals surface area contributed by atoms with Gasteiger partial charge in [-0.3, -0.25) is 43.5 Å². The molecule has 0 saturated carbocycles. The molecule has 30 heteroatoms. The van der Waals surface area contributed by atoms with Gasteiger partial charge in [-0.05, 0) is 27.7 Å². The molecule has 68 heavy (non-hydrogen) atoms. The number of carbonyl (C=O) groups is 9. The Bertz CT molecular complexity index is 1440. The first-order chi connectivity index (χ1) is 31.2. The predicted molar refractivity (Wildman–Crippen MR) is 220 cm³/mol. The second-order valence-corrected chi connectivity index (χ2v) is 15.5. The van der Waals surface area contributed by atoms with Gasteiger partial charge in [-0.25, -0.2) is 0 Å². The van der Waals surface area contributed by atoms with E-state index in [4.69, 9.17) is 0 Å². The molecule has 0 unspecified atom stereocenters. The van der Waals surface area contributed by atoms with E-state index in [9.17, 15) is 99.3 Å². The summed E-state index contributed by atoms with van der Waals surface area (Å²) in [6.07, 6.45) is -13.0. The third-order valence-corrected chi connectivity index (χ3v) is 9.57. The van der Waals surface area contributed by atoms with Gasteiger partial charge in [0.1, 0.15) is 0 Å². The first-order valence-electron chi connectivity index (χ1n) is 21.1. The largest absolute Gasteiger partial charge is 3.00 e. The number of carboxylic acid groups (broad SMARTS) is 3. The zero-order valence-electron chi connectivity index (χ0n) is 38.2. The van der Waals surface area contributed by atoms with Gasteiger partial charge in [0, 0.05) is 98.2 Å². The summed E-state index contributed by atoms with van der Waals surface area (Å²) in [4.78, 5) is 116. The Labute approximate surface area is 424 Å². The zero-order chi connectivity index (χ0) is 51.6. The first-order valence-corrected chi connectivity index (χ1v) is 21.1. The van der Waals surface area contributed by atoms with Crippen molar-refractivity contribution >= 4 is 53.4 Å². The topological polar surface area (TPSA) is 449 Å². The fourth-order valence-electron chi connectivity index (χ4n) is 5.67. The summed E-state index contributed by atoms with van der Waals surface area (Å²) in [6.45, 7) is -3.11. The minimum Gasteiger partial charge on any atom is -0.549 e. The third-order valence-electron chi connectivity index (χ3n) is 9.57. The van der Waals surface area contributed by atoms with Crippen LogP contribution in [-0.2, 0) is 43.2 Å². The molecule has 12 N–H and O–H groups in total. The van der Waals surface area contributed by atoms with Crippen molar-refractivity contribution in [1.82, 2.24) is 45.8 Å². The fourth-order valence-corrected chi connectivity index (χ4v) is 5.67. The zero-order valence-corrected chi connectivity index (χ0v) is 40.5. The van der Waals surface area contributed by atoms with Crippen LogP contribution >= 0.6 is 0 Å². The number of aliphatic carboxylic acids is 3. The van der Waals surface area contributed by atoms with Crippen molar-refractivity contribution in [2.45, 2.75) is 76.5 Å². The Kier molecular flexibility index (Phi) is 34.3. The normalized spacial score (nSPS) is 14.8. The average Bonchev–Trinajstić information content (AvgIpc) is 3.23. The molecular weight excluding hydrogens is 1060 g/mol. The van der Waals surface area contributed by atoms with E-state index in [0.717, 1.165) is 47.3 Å². The summed E-state index contributed by atoms with van der Waals surface area (Å²) >= 11 is 0. The summed E-state index contributed by atoms with van der Waals surface area (Å²) in [5, 5.41) is 122. The van der Waals surface area contributed by atoms with E-state index in [0.29, 0.717) is 0 Å². The van der Waals surface area contributed by atoms with Gasteiger partial charge in [0.15, 0.2) is 24.4 Å². The van der Waals surface area contributed by atoms with Crippen LogP contribution in [0.25, 0.3) is 0 Å². The number of nitrogens with one attached hydrogen (secondary N) is 4. The number of amides is 6. The van der Waals surface area contributed by atoms with Crippen molar-refractivity contribution in [1.29, 1.82) is 0 Å². The number of nitrogens with zero attached hydrogens (tertiary/aromatic N) is 5. The van der Waals surface area contributed by atoms with Gasteiger partial charge >= 0.3 is 39.9 Å². The number of carboxylic acids is 3. The van der Waals surface area contributed by atoms with E-state index in [1.807, 2.05) is 0 Å². The van der Waals surface area contributed by atoms with Crippen molar-refractivity contribution in [3.8, 4) is 0 Å². The van der Waals surface area contributed by atoms with Gasteiger partial charge in [-0.15, -0.1) is 0 Å². The van der Waals surface area contributed by atoms with E-state index in [2.05, 4.69) is 21.3 Å². The van der Waals surface area contributed by atoms with Crippen molar-refractivity contribution in [3.63, 3.8) is 0 Å². The third kappa shape index (κ3) is 28.6. The molecule has 0 aliphatic carbocycles. The monoisotopic (exact) mass is 1130 g/mol. The molecule has 0 aromatic rings. The number of rotatable bonds is 36. The van der Waals surface area contributed by atoms with Crippen molar-refractivity contribution in [3.05, 3.63) is 0 Å². The number of aliphatic hydroxyl groups excluding tert-OH is 8. The van der Waals surface area contributed by atoms with Crippen LogP contribution in [0.4, 0.5) is 0 Å². The van der Waals surface area contributed by atoms with Gasteiger partial charge in [-0.1, -0.05) is 0 Å². The van der Waals surface area contributed by atoms with Crippen LogP contribution in [0.2, 0.25) is 0 Å². The second kappa shape index (κ2) is 35.3. The van der Waals surface area contributed by atoms with Crippen LogP contribution in [0.15, 0.2) is 0 Å². The average molecular weight is 1130 g/mol. The maximum Gasteiger partial charge on any atom is 3.00 e.